The Kier molecular flexibility index (Phi) is 2.11. The van der Waals surface area contributed by atoms with E-state index < -0.39 is 0 Å². The second-order valence-electron chi connectivity index (χ2n) is 4.60. The van der Waals surface area contributed by atoms with E-state index >= 15 is 0 Å². The number of rotatable bonds is 0. The van der Waals surface area contributed by atoms with Gasteiger partial charge in [-0.1, -0.05) is 24.1 Å². The summed E-state index contributed by atoms with van der Waals surface area (Å²) >= 11 is 6.10. The molecule has 1 aromatic carbocycles. The number of amides is 1. The topological polar surface area (TPSA) is 41.1 Å². The van der Waals surface area contributed by atoms with Crippen molar-refractivity contribution in [1.82, 2.24) is 0 Å². The molecule has 1 fully saturated rings. The van der Waals surface area contributed by atoms with Crippen LogP contribution < -0.4 is 10.6 Å². The summed E-state index contributed by atoms with van der Waals surface area (Å²) in [6.07, 6.45) is 3.08. The van der Waals surface area contributed by atoms with E-state index in [0.29, 0.717) is 11.6 Å². The third-order valence-corrected chi connectivity index (χ3v) is 3.97. The lowest BCUT2D eigenvalue weighted by Crippen LogP contribution is -2.45. The molecule has 0 saturated heterocycles. The van der Waals surface area contributed by atoms with Gasteiger partial charge < -0.3 is 10.6 Å². The van der Waals surface area contributed by atoms with Gasteiger partial charge in [-0.2, -0.15) is 0 Å². The molecule has 0 atom stereocenters. The molecule has 1 amide bonds. The Balaban J connectivity index is 2.00. The van der Waals surface area contributed by atoms with E-state index in [1.807, 2.05) is 18.2 Å². The van der Waals surface area contributed by atoms with Crippen molar-refractivity contribution in [3.05, 3.63) is 23.2 Å². The van der Waals surface area contributed by atoms with Gasteiger partial charge in [0, 0.05) is 6.54 Å². The fourth-order valence-electron chi connectivity index (χ4n) is 2.41. The highest BCUT2D eigenvalue weighted by molar-refractivity contribution is 6.34. The third-order valence-electron chi connectivity index (χ3n) is 3.66. The molecule has 4 heteroatoms. The molecule has 2 aliphatic rings. The second kappa shape index (κ2) is 3.39. The van der Waals surface area contributed by atoms with Crippen molar-refractivity contribution in [3.8, 4) is 0 Å². The van der Waals surface area contributed by atoms with Crippen LogP contribution in [0.2, 0.25) is 5.02 Å². The summed E-state index contributed by atoms with van der Waals surface area (Å²) in [5.74, 6) is 0.132. The number of carbonyl (C=O) groups is 1. The molecule has 3 rings (SSSR count). The zero-order chi connectivity index (χ0) is 11.2. The fourth-order valence-corrected chi connectivity index (χ4v) is 2.65. The number of anilines is 2. The molecule has 1 aliphatic heterocycles. The van der Waals surface area contributed by atoms with Crippen LogP contribution in [0.5, 0.6) is 0 Å². The van der Waals surface area contributed by atoms with Crippen molar-refractivity contribution in [2.75, 3.05) is 17.2 Å². The quantitative estimate of drug-likeness (QED) is 0.727. The first-order valence-corrected chi connectivity index (χ1v) is 5.93. The zero-order valence-corrected chi connectivity index (χ0v) is 9.60. The lowest BCUT2D eigenvalue weighted by molar-refractivity contribution is -0.129. The third kappa shape index (κ3) is 1.31. The number of para-hydroxylation sites is 1. The first kappa shape index (κ1) is 9.97. The van der Waals surface area contributed by atoms with E-state index in [1.54, 1.807) is 0 Å². The highest BCUT2D eigenvalue weighted by Crippen LogP contribution is 2.45. The van der Waals surface area contributed by atoms with E-state index in [2.05, 4.69) is 10.6 Å². The van der Waals surface area contributed by atoms with Gasteiger partial charge in [0.05, 0.1) is 21.8 Å². The van der Waals surface area contributed by atoms with E-state index in [9.17, 15) is 4.79 Å². The van der Waals surface area contributed by atoms with Gasteiger partial charge in [-0.25, -0.2) is 0 Å². The smallest absolute Gasteiger partial charge is 0.232 e. The van der Waals surface area contributed by atoms with Gasteiger partial charge in [0.25, 0.3) is 0 Å². The molecule has 0 unspecified atom stereocenters. The fraction of sp³-hybridized carbons (Fsp3) is 0.417. The largest absolute Gasteiger partial charge is 0.381 e. The van der Waals surface area contributed by atoms with Crippen LogP contribution in [0.4, 0.5) is 11.4 Å². The van der Waals surface area contributed by atoms with Crippen LogP contribution in [-0.2, 0) is 4.79 Å². The van der Waals surface area contributed by atoms with Crippen molar-refractivity contribution in [2.45, 2.75) is 19.3 Å². The predicted octanol–water partition coefficient (Wildman–Crippen LogP) is 2.87. The number of hydrogen-bond acceptors (Lipinski definition) is 2. The van der Waals surface area contributed by atoms with Gasteiger partial charge in [0.1, 0.15) is 0 Å². The molecule has 0 aromatic heterocycles. The molecule has 0 radical (unpaired) electrons. The lowest BCUT2D eigenvalue weighted by atomic mass is 9.68. The number of fused-ring (bicyclic) bond motifs is 1. The summed E-state index contributed by atoms with van der Waals surface area (Å²) in [4.78, 5) is 12.1. The molecule has 1 aliphatic carbocycles. The van der Waals surface area contributed by atoms with Gasteiger partial charge in [-0.3, -0.25) is 4.79 Å². The van der Waals surface area contributed by atoms with Gasteiger partial charge in [0.2, 0.25) is 5.91 Å². The molecule has 16 heavy (non-hydrogen) atoms. The number of benzene rings is 1. The summed E-state index contributed by atoms with van der Waals surface area (Å²) in [6.45, 7) is 0.690. The number of halogens is 1. The zero-order valence-electron chi connectivity index (χ0n) is 8.85. The Bertz CT molecular complexity index is 454. The predicted molar refractivity (Wildman–Crippen MR) is 64.9 cm³/mol. The second-order valence-corrected chi connectivity index (χ2v) is 5.01. The van der Waals surface area contributed by atoms with Crippen LogP contribution in [0.15, 0.2) is 18.2 Å². The molecule has 2 N–H and O–H groups in total. The summed E-state index contributed by atoms with van der Waals surface area (Å²) in [6, 6.07) is 5.56. The molecular formula is C12H13ClN2O. The standard InChI is InChI=1S/C12H13ClN2O/c13-8-3-1-4-9-10(8)14-7-12(5-2-6-12)11(16)15-9/h1,3-4,14H,2,5-7H2,(H,15,16). The SMILES string of the molecule is O=C1Nc2cccc(Cl)c2NCC12CCC2. The minimum absolute atomic E-state index is 0.132. The Morgan fingerprint density at radius 1 is 1.31 bits per heavy atom. The van der Waals surface area contributed by atoms with Crippen molar-refractivity contribution < 1.29 is 4.79 Å². The minimum atomic E-state index is -0.206. The average Bonchev–Trinajstić information content (AvgIpc) is 2.34. The van der Waals surface area contributed by atoms with Crippen molar-refractivity contribution in [1.29, 1.82) is 0 Å². The highest BCUT2D eigenvalue weighted by atomic mass is 35.5. The molecule has 1 aromatic rings. The van der Waals surface area contributed by atoms with Crippen molar-refractivity contribution in [3.63, 3.8) is 0 Å². The maximum absolute atomic E-state index is 12.1. The van der Waals surface area contributed by atoms with Crippen LogP contribution in [0, 0.1) is 5.41 Å². The van der Waals surface area contributed by atoms with Crippen molar-refractivity contribution >= 4 is 28.9 Å². The number of carbonyl (C=O) groups excluding carboxylic acids is 1. The molecule has 1 saturated carbocycles. The summed E-state index contributed by atoms with van der Waals surface area (Å²) in [7, 11) is 0. The lowest BCUT2D eigenvalue weighted by Gasteiger charge is -2.38. The summed E-state index contributed by atoms with van der Waals surface area (Å²) in [5, 5.41) is 6.93. The van der Waals surface area contributed by atoms with Gasteiger partial charge in [-0.15, -0.1) is 0 Å². The van der Waals surface area contributed by atoms with Crippen LogP contribution in [-0.4, -0.2) is 12.5 Å². The highest BCUT2D eigenvalue weighted by Gasteiger charge is 2.45. The summed E-state index contributed by atoms with van der Waals surface area (Å²) < 4.78 is 0. The van der Waals surface area contributed by atoms with E-state index in [1.165, 1.54) is 0 Å². The van der Waals surface area contributed by atoms with E-state index in [0.717, 1.165) is 30.6 Å². The van der Waals surface area contributed by atoms with E-state index in [4.69, 9.17) is 11.6 Å². The minimum Gasteiger partial charge on any atom is -0.381 e. The Hall–Kier alpha value is -1.22. The van der Waals surface area contributed by atoms with Crippen LogP contribution in [0.1, 0.15) is 19.3 Å². The monoisotopic (exact) mass is 236 g/mol. The maximum Gasteiger partial charge on any atom is 0.232 e. The van der Waals surface area contributed by atoms with Crippen LogP contribution in [0.25, 0.3) is 0 Å². The molecule has 3 nitrogen and oxygen atoms in total. The molecule has 0 bridgehead atoms. The first-order chi connectivity index (χ1) is 7.71. The molecule has 1 spiro atoms. The molecule has 1 heterocycles. The Morgan fingerprint density at radius 2 is 2.12 bits per heavy atom. The first-order valence-electron chi connectivity index (χ1n) is 5.55. The van der Waals surface area contributed by atoms with Gasteiger partial charge in [-0.05, 0) is 25.0 Å². The van der Waals surface area contributed by atoms with Gasteiger partial charge in [0.15, 0.2) is 0 Å². The maximum atomic E-state index is 12.1. The molecule has 84 valence electrons. The summed E-state index contributed by atoms with van der Waals surface area (Å²) in [5.41, 5.74) is 1.44. The Morgan fingerprint density at radius 3 is 2.81 bits per heavy atom. The molecular weight excluding hydrogens is 224 g/mol. The number of nitrogens with one attached hydrogen (secondary N) is 2. The van der Waals surface area contributed by atoms with Crippen molar-refractivity contribution in [2.24, 2.45) is 5.41 Å². The van der Waals surface area contributed by atoms with E-state index in [-0.39, 0.29) is 11.3 Å². The number of hydrogen-bond donors (Lipinski definition) is 2. The van der Waals surface area contributed by atoms with Crippen LogP contribution in [0.3, 0.4) is 0 Å². The van der Waals surface area contributed by atoms with Gasteiger partial charge >= 0.3 is 0 Å². The average molecular weight is 237 g/mol. The normalized spacial score (nSPS) is 21.4. The Labute approximate surface area is 99.2 Å². The van der Waals surface area contributed by atoms with Crippen LogP contribution >= 0.6 is 11.6 Å².